The van der Waals surface area contributed by atoms with Crippen LogP contribution in [-0.2, 0) is 24.1 Å². The molecule has 6 heteroatoms. The van der Waals surface area contributed by atoms with Crippen molar-refractivity contribution in [2.24, 2.45) is 10.7 Å². The van der Waals surface area contributed by atoms with Crippen molar-refractivity contribution in [3.05, 3.63) is 47.3 Å². The normalized spacial score (nSPS) is 18.0. The fourth-order valence-corrected chi connectivity index (χ4v) is 3.47. The van der Waals surface area contributed by atoms with E-state index in [2.05, 4.69) is 26.7 Å². The summed E-state index contributed by atoms with van der Waals surface area (Å²) in [4.78, 5) is 6.67. The highest BCUT2D eigenvalue weighted by molar-refractivity contribution is 5.78. The summed E-state index contributed by atoms with van der Waals surface area (Å²) in [6.07, 6.45) is 3.36. The van der Waals surface area contributed by atoms with Crippen LogP contribution in [-0.4, -0.2) is 46.9 Å². The number of para-hydroxylation sites is 1. The predicted octanol–water partition coefficient (Wildman–Crippen LogP) is 1.51. The first-order chi connectivity index (χ1) is 11.8. The average molecular weight is 325 g/mol. The molecule has 2 aliphatic rings. The molecule has 0 radical (unpaired) electrons. The van der Waals surface area contributed by atoms with Crippen LogP contribution in [0, 0.1) is 0 Å². The Hall–Kier alpha value is -2.34. The van der Waals surface area contributed by atoms with Crippen molar-refractivity contribution in [2.45, 2.75) is 25.8 Å². The maximum absolute atomic E-state index is 6.15. The third-order valence-corrected chi connectivity index (χ3v) is 4.74. The second-order valence-electron chi connectivity index (χ2n) is 6.25. The van der Waals surface area contributed by atoms with Gasteiger partial charge in [0, 0.05) is 18.8 Å². The number of hydrogen-bond acceptors (Lipinski definition) is 3. The van der Waals surface area contributed by atoms with E-state index in [1.54, 1.807) is 0 Å². The van der Waals surface area contributed by atoms with E-state index in [-0.39, 0.29) is 0 Å². The minimum atomic E-state index is 0.547. The van der Waals surface area contributed by atoms with E-state index < -0.39 is 0 Å². The van der Waals surface area contributed by atoms with Gasteiger partial charge in [-0.1, -0.05) is 18.2 Å². The molecule has 0 saturated carbocycles. The van der Waals surface area contributed by atoms with Crippen LogP contribution in [0.5, 0.6) is 0 Å². The summed E-state index contributed by atoms with van der Waals surface area (Å²) >= 11 is 0. The molecule has 1 aromatic heterocycles. The van der Waals surface area contributed by atoms with E-state index in [9.17, 15) is 0 Å². The van der Waals surface area contributed by atoms with Gasteiger partial charge in [0.05, 0.1) is 31.1 Å². The van der Waals surface area contributed by atoms with Gasteiger partial charge in [0.1, 0.15) is 0 Å². The zero-order chi connectivity index (χ0) is 16.4. The van der Waals surface area contributed by atoms with Gasteiger partial charge in [0.2, 0.25) is 0 Å². The minimum Gasteiger partial charge on any atom is -0.378 e. The number of morpholine rings is 1. The van der Waals surface area contributed by atoms with Crippen molar-refractivity contribution in [3.63, 3.8) is 0 Å². The van der Waals surface area contributed by atoms with Crippen LogP contribution < -0.4 is 5.73 Å². The number of aliphatic imine (C=N–C) groups is 1. The van der Waals surface area contributed by atoms with Crippen LogP contribution in [0.2, 0.25) is 0 Å². The molecule has 0 unspecified atom stereocenters. The number of benzene rings is 1. The number of ether oxygens (including phenoxy) is 1. The van der Waals surface area contributed by atoms with Gasteiger partial charge in [-0.15, -0.1) is 0 Å². The van der Waals surface area contributed by atoms with Gasteiger partial charge in [0.15, 0.2) is 5.96 Å². The first kappa shape index (κ1) is 15.2. The van der Waals surface area contributed by atoms with Gasteiger partial charge >= 0.3 is 0 Å². The topological polar surface area (TPSA) is 68.7 Å². The van der Waals surface area contributed by atoms with Gasteiger partial charge in [0.25, 0.3) is 0 Å². The van der Waals surface area contributed by atoms with E-state index >= 15 is 0 Å². The Morgan fingerprint density at radius 1 is 1.17 bits per heavy atom. The molecule has 0 spiro atoms. The Morgan fingerprint density at radius 3 is 2.75 bits per heavy atom. The van der Waals surface area contributed by atoms with Crippen LogP contribution >= 0.6 is 0 Å². The van der Waals surface area contributed by atoms with E-state index in [0.717, 1.165) is 37.3 Å². The molecule has 2 heterocycles. The van der Waals surface area contributed by atoms with Gasteiger partial charge in [-0.05, 0) is 37.0 Å². The molecule has 0 amide bonds. The maximum Gasteiger partial charge on any atom is 0.191 e. The van der Waals surface area contributed by atoms with Crippen molar-refractivity contribution in [1.82, 2.24) is 14.7 Å². The summed E-state index contributed by atoms with van der Waals surface area (Å²) in [6, 6.07) is 10.3. The third-order valence-electron chi connectivity index (χ3n) is 4.74. The molecule has 1 aromatic carbocycles. The van der Waals surface area contributed by atoms with E-state index in [1.807, 2.05) is 18.2 Å². The molecule has 126 valence electrons. The number of nitrogens with zero attached hydrogens (tertiary/aromatic N) is 4. The highest BCUT2D eigenvalue weighted by atomic mass is 16.5. The molecule has 2 N–H and O–H groups in total. The van der Waals surface area contributed by atoms with Crippen molar-refractivity contribution in [2.75, 3.05) is 26.3 Å². The molecular formula is C18H23N5O. The smallest absolute Gasteiger partial charge is 0.191 e. The summed E-state index contributed by atoms with van der Waals surface area (Å²) in [6.45, 7) is 3.60. The number of guanidine groups is 1. The van der Waals surface area contributed by atoms with Gasteiger partial charge in [-0.3, -0.25) is 0 Å². The summed E-state index contributed by atoms with van der Waals surface area (Å²) in [5.74, 6) is 0.597. The highest BCUT2D eigenvalue weighted by Crippen LogP contribution is 2.28. The zero-order valence-corrected chi connectivity index (χ0v) is 13.8. The van der Waals surface area contributed by atoms with Crippen molar-refractivity contribution >= 4 is 5.96 Å². The van der Waals surface area contributed by atoms with E-state index in [4.69, 9.17) is 15.6 Å². The highest BCUT2D eigenvalue weighted by Gasteiger charge is 2.23. The number of fused-ring (bicyclic) bond motifs is 1. The molecule has 2 aromatic rings. The third kappa shape index (κ3) is 2.89. The van der Waals surface area contributed by atoms with E-state index in [1.165, 1.54) is 17.7 Å². The molecule has 1 aliphatic carbocycles. The molecule has 0 bridgehead atoms. The molecule has 0 atom stereocenters. The zero-order valence-electron chi connectivity index (χ0n) is 13.8. The monoisotopic (exact) mass is 325 g/mol. The number of rotatable bonds is 3. The lowest BCUT2D eigenvalue weighted by molar-refractivity contribution is 0.0674. The molecule has 1 saturated heterocycles. The Balaban J connectivity index is 1.58. The maximum atomic E-state index is 6.15. The Morgan fingerprint density at radius 2 is 1.96 bits per heavy atom. The molecule has 1 fully saturated rings. The largest absolute Gasteiger partial charge is 0.378 e. The second-order valence-corrected chi connectivity index (χ2v) is 6.25. The Kier molecular flexibility index (Phi) is 4.21. The lowest BCUT2D eigenvalue weighted by Gasteiger charge is -2.27. The van der Waals surface area contributed by atoms with E-state index in [0.29, 0.717) is 25.7 Å². The van der Waals surface area contributed by atoms with Gasteiger partial charge in [-0.2, -0.15) is 5.10 Å². The number of nitrogens with two attached hydrogens (primary N) is 1. The van der Waals surface area contributed by atoms with Crippen molar-refractivity contribution in [1.29, 1.82) is 0 Å². The molecule has 24 heavy (non-hydrogen) atoms. The standard InChI is InChI=1S/C18H23N5O/c19-18(22-9-11-24-12-10-22)20-13-16-15-7-4-8-17(15)23(21-16)14-5-2-1-3-6-14/h1-3,5-6H,4,7-13H2,(H2,19,20). The predicted molar refractivity (Wildman–Crippen MR) is 93.3 cm³/mol. The van der Waals surface area contributed by atoms with Crippen LogP contribution in [0.1, 0.15) is 23.4 Å². The first-order valence-corrected chi connectivity index (χ1v) is 8.60. The lowest BCUT2D eigenvalue weighted by atomic mass is 10.2. The van der Waals surface area contributed by atoms with Crippen LogP contribution in [0.4, 0.5) is 0 Å². The second kappa shape index (κ2) is 6.65. The SMILES string of the molecule is NC(=NCc1nn(-c2ccccc2)c2c1CCC2)N1CCOCC1. The molecule has 6 nitrogen and oxygen atoms in total. The Bertz CT molecular complexity index is 731. The quantitative estimate of drug-likeness (QED) is 0.686. The fraction of sp³-hybridized carbons (Fsp3) is 0.444. The summed E-state index contributed by atoms with van der Waals surface area (Å²) in [7, 11) is 0. The first-order valence-electron chi connectivity index (χ1n) is 8.60. The lowest BCUT2D eigenvalue weighted by Crippen LogP contribution is -2.44. The average Bonchev–Trinajstić information content (AvgIpc) is 3.24. The van der Waals surface area contributed by atoms with Crippen LogP contribution in [0.15, 0.2) is 35.3 Å². The molecular weight excluding hydrogens is 302 g/mol. The van der Waals surface area contributed by atoms with Crippen molar-refractivity contribution in [3.8, 4) is 5.69 Å². The summed E-state index contributed by atoms with van der Waals surface area (Å²) in [5.41, 5.74) is 11.0. The summed E-state index contributed by atoms with van der Waals surface area (Å²) in [5, 5.41) is 4.83. The molecule has 1 aliphatic heterocycles. The fourth-order valence-electron chi connectivity index (χ4n) is 3.47. The Labute approximate surface area is 141 Å². The number of hydrogen-bond donors (Lipinski definition) is 1. The number of aromatic nitrogens is 2. The van der Waals surface area contributed by atoms with Gasteiger partial charge < -0.3 is 15.4 Å². The van der Waals surface area contributed by atoms with Crippen LogP contribution in [0.25, 0.3) is 5.69 Å². The van der Waals surface area contributed by atoms with Gasteiger partial charge in [-0.25, -0.2) is 9.67 Å². The van der Waals surface area contributed by atoms with Crippen molar-refractivity contribution < 1.29 is 4.74 Å². The minimum absolute atomic E-state index is 0.547. The molecule has 4 rings (SSSR count). The van der Waals surface area contributed by atoms with Crippen LogP contribution in [0.3, 0.4) is 0 Å². The summed E-state index contributed by atoms with van der Waals surface area (Å²) < 4.78 is 7.44.